The van der Waals surface area contributed by atoms with Crippen LogP contribution in [0.4, 0.5) is 15.8 Å². The van der Waals surface area contributed by atoms with Gasteiger partial charge in [0.05, 0.1) is 15.7 Å². The van der Waals surface area contributed by atoms with E-state index in [0.717, 1.165) is 6.07 Å². The summed E-state index contributed by atoms with van der Waals surface area (Å²) in [6.45, 7) is 1.71. The summed E-state index contributed by atoms with van der Waals surface area (Å²) in [5.41, 5.74) is 6.69. The Labute approximate surface area is 131 Å². The second-order valence-electron chi connectivity index (χ2n) is 4.37. The SMILES string of the molecule is Cc1cc(Cl)c(S(=O)(=O)Nc2ccc(Cl)c(F)c2)cc1N. The Hall–Kier alpha value is -1.50. The molecule has 0 aliphatic carbocycles. The van der Waals surface area contributed by atoms with E-state index < -0.39 is 15.8 Å². The molecule has 2 rings (SSSR count). The van der Waals surface area contributed by atoms with Crippen molar-refractivity contribution in [2.24, 2.45) is 0 Å². The molecule has 112 valence electrons. The molecule has 0 heterocycles. The van der Waals surface area contributed by atoms with E-state index in [1.165, 1.54) is 24.3 Å². The second kappa shape index (κ2) is 5.71. The van der Waals surface area contributed by atoms with Crippen molar-refractivity contribution in [2.45, 2.75) is 11.8 Å². The standard InChI is InChI=1S/C13H11Cl2FN2O2S/c1-7-4-10(15)13(6-12(7)17)21(19,20)18-8-2-3-9(14)11(16)5-8/h2-6,18H,17H2,1H3. The zero-order valence-corrected chi connectivity index (χ0v) is 13.2. The fourth-order valence-corrected chi connectivity index (χ4v) is 3.43. The molecule has 0 aromatic heterocycles. The number of benzene rings is 2. The third-order valence-corrected chi connectivity index (χ3v) is 4.93. The first-order valence-electron chi connectivity index (χ1n) is 5.74. The number of nitrogens with one attached hydrogen (secondary N) is 1. The highest BCUT2D eigenvalue weighted by molar-refractivity contribution is 7.92. The fourth-order valence-electron chi connectivity index (χ4n) is 1.64. The van der Waals surface area contributed by atoms with Crippen LogP contribution in [0, 0.1) is 12.7 Å². The quantitative estimate of drug-likeness (QED) is 0.828. The molecule has 2 aromatic carbocycles. The molecule has 21 heavy (non-hydrogen) atoms. The van der Waals surface area contributed by atoms with Gasteiger partial charge in [0.15, 0.2) is 0 Å². The highest BCUT2D eigenvalue weighted by Gasteiger charge is 2.20. The zero-order chi connectivity index (χ0) is 15.8. The molecular formula is C13H11Cl2FN2O2S. The van der Waals surface area contributed by atoms with Crippen LogP contribution in [0.3, 0.4) is 0 Å². The molecule has 0 aliphatic heterocycles. The number of nitrogens with two attached hydrogens (primary N) is 1. The molecule has 2 aromatic rings. The van der Waals surface area contributed by atoms with Gasteiger partial charge in [0.1, 0.15) is 10.7 Å². The van der Waals surface area contributed by atoms with Crippen LogP contribution in [0.5, 0.6) is 0 Å². The van der Waals surface area contributed by atoms with Gasteiger partial charge in [0.2, 0.25) is 0 Å². The van der Waals surface area contributed by atoms with E-state index in [2.05, 4.69) is 4.72 Å². The van der Waals surface area contributed by atoms with Gasteiger partial charge in [-0.2, -0.15) is 0 Å². The van der Waals surface area contributed by atoms with Crippen molar-refractivity contribution in [1.29, 1.82) is 0 Å². The summed E-state index contributed by atoms with van der Waals surface area (Å²) in [4.78, 5) is -0.178. The molecule has 0 amide bonds. The number of hydrogen-bond donors (Lipinski definition) is 2. The predicted molar refractivity (Wildman–Crippen MR) is 82.8 cm³/mol. The predicted octanol–water partition coefficient (Wildman–Crippen LogP) is 3.82. The van der Waals surface area contributed by atoms with E-state index in [1.54, 1.807) is 6.92 Å². The van der Waals surface area contributed by atoms with Crippen LogP contribution in [0.15, 0.2) is 35.2 Å². The van der Waals surface area contributed by atoms with Crippen LogP contribution in [0.2, 0.25) is 10.0 Å². The topological polar surface area (TPSA) is 72.2 Å². The molecule has 8 heteroatoms. The van der Waals surface area contributed by atoms with Gasteiger partial charge in [0.25, 0.3) is 10.0 Å². The van der Waals surface area contributed by atoms with Gasteiger partial charge in [-0.05, 0) is 42.8 Å². The van der Waals surface area contributed by atoms with E-state index in [4.69, 9.17) is 28.9 Å². The Kier molecular flexibility index (Phi) is 4.32. The lowest BCUT2D eigenvalue weighted by Gasteiger charge is -2.11. The van der Waals surface area contributed by atoms with Gasteiger partial charge in [-0.15, -0.1) is 0 Å². The van der Waals surface area contributed by atoms with Crippen LogP contribution in [-0.4, -0.2) is 8.42 Å². The normalized spacial score (nSPS) is 11.4. The van der Waals surface area contributed by atoms with E-state index in [-0.39, 0.29) is 20.6 Å². The lowest BCUT2D eigenvalue weighted by atomic mass is 10.2. The van der Waals surface area contributed by atoms with Crippen molar-refractivity contribution in [3.8, 4) is 0 Å². The number of hydrogen-bond acceptors (Lipinski definition) is 3. The summed E-state index contributed by atoms with van der Waals surface area (Å²) in [6.07, 6.45) is 0. The largest absolute Gasteiger partial charge is 0.398 e. The van der Waals surface area contributed by atoms with Gasteiger partial charge in [-0.3, -0.25) is 4.72 Å². The van der Waals surface area contributed by atoms with Crippen LogP contribution in [0.1, 0.15) is 5.56 Å². The Bertz CT molecular complexity index is 810. The maximum absolute atomic E-state index is 13.3. The summed E-state index contributed by atoms with van der Waals surface area (Å²) in [5.74, 6) is -0.730. The molecule has 3 N–H and O–H groups in total. The van der Waals surface area contributed by atoms with Gasteiger partial charge >= 0.3 is 0 Å². The van der Waals surface area contributed by atoms with Gasteiger partial charge in [0, 0.05) is 5.69 Å². The number of aryl methyl sites for hydroxylation is 1. The lowest BCUT2D eigenvalue weighted by molar-refractivity contribution is 0.601. The first-order valence-corrected chi connectivity index (χ1v) is 7.98. The molecule has 0 radical (unpaired) electrons. The molecular weight excluding hydrogens is 338 g/mol. The Balaban J connectivity index is 2.43. The Morgan fingerprint density at radius 3 is 2.43 bits per heavy atom. The summed E-state index contributed by atoms with van der Waals surface area (Å²) in [6, 6.07) is 6.28. The van der Waals surface area contributed by atoms with E-state index in [9.17, 15) is 12.8 Å². The Morgan fingerprint density at radius 2 is 1.81 bits per heavy atom. The average Bonchev–Trinajstić information content (AvgIpc) is 2.37. The van der Waals surface area contributed by atoms with Crippen LogP contribution in [-0.2, 0) is 10.0 Å². The van der Waals surface area contributed by atoms with Gasteiger partial charge in [-0.1, -0.05) is 23.2 Å². The highest BCUT2D eigenvalue weighted by Crippen LogP contribution is 2.29. The number of anilines is 2. The first-order chi connectivity index (χ1) is 9.70. The van der Waals surface area contributed by atoms with Gasteiger partial charge < -0.3 is 5.73 Å². The smallest absolute Gasteiger partial charge is 0.263 e. The monoisotopic (exact) mass is 348 g/mol. The number of sulfonamides is 1. The molecule has 0 saturated carbocycles. The van der Waals surface area contributed by atoms with Gasteiger partial charge in [-0.25, -0.2) is 12.8 Å². The van der Waals surface area contributed by atoms with Crippen molar-refractivity contribution < 1.29 is 12.8 Å². The molecule has 4 nitrogen and oxygen atoms in total. The summed E-state index contributed by atoms with van der Waals surface area (Å²) in [7, 11) is -3.98. The minimum absolute atomic E-state index is 0.0311. The molecule has 0 saturated heterocycles. The van der Waals surface area contributed by atoms with Crippen molar-refractivity contribution in [3.05, 3.63) is 51.8 Å². The van der Waals surface area contributed by atoms with E-state index >= 15 is 0 Å². The molecule has 0 aliphatic rings. The summed E-state index contributed by atoms with van der Waals surface area (Å²) < 4.78 is 40.1. The third kappa shape index (κ3) is 3.40. The average molecular weight is 349 g/mol. The lowest BCUT2D eigenvalue weighted by Crippen LogP contribution is -2.14. The number of rotatable bonds is 3. The first kappa shape index (κ1) is 15.9. The minimum atomic E-state index is -3.98. The highest BCUT2D eigenvalue weighted by atomic mass is 35.5. The fraction of sp³-hybridized carbons (Fsp3) is 0.0769. The molecule has 0 unspecified atom stereocenters. The number of nitrogen functional groups attached to an aromatic ring is 1. The minimum Gasteiger partial charge on any atom is -0.398 e. The molecule has 0 bridgehead atoms. The van der Waals surface area contributed by atoms with Crippen molar-refractivity contribution in [2.75, 3.05) is 10.5 Å². The van der Waals surface area contributed by atoms with E-state index in [1.807, 2.05) is 0 Å². The molecule has 0 atom stereocenters. The summed E-state index contributed by atoms with van der Waals surface area (Å²) >= 11 is 11.5. The van der Waals surface area contributed by atoms with E-state index in [0.29, 0.717) is 11.3 Å². The van der Waals surface area contributed by atoms with Crippen molar-refractivity contribution in [3.63, 3.8) is 0 Å². The van der Waals surface area contributed by atoms with Crippen LogP contribution >= 0.6 is 23.2 Å². The van der Waals surface area contributed by atoms with Crippen molar-refractivity contribution in [1.82, 2.24) is 0 Å². The maximum Gasteiger partial charge on any atom is 0.263 e. The zero-order valence-electron chi connectivity index (χ0n) is 10.8. The molecule has 0 fully saturated rings. The van der Waals surface area contributed by atoms with Crippen molar-refractivity contribution >= 4 is 44.6 Å². The van der Waals surface area contributed by atoms with Crippen LogP contribution < -0.4 is 10.5 Å². The summed E-state index contributed by atoms with van der Waals surface area (Å²) in [5, 5.41) is -0.0702. The third-order valence-electron chi connectivity index (χ3n) is 2.78. The second-order valence-corrected chi connectivity index (χ2v) is 6.84. The van der Waals surface area contributed by atoms with Crippen LogP contribution in [0.25, 0.3) is 0 Å². The maximum atomic E-state index is 13.3. The number of halogens is 3. The molecule has 0 spiro atoms. The Morgan fingerprint density at radius 1 is 1.14 bits per heavy atom.